The molecule has 0 spiro atoms. The second kappa shape index (κ2) is 22.2. The maximum Gasteiger partial charge on any atom is 0.0316 e. The molecule has 0 fully saturated rings. The number of benzene rings is 4. The first kappa shape index (κ1) is 38.3. The van der Waals surface area contributed by atoms with Gasteiger partial charge in [-0.15, -0.1) is 0 Å². The Morgan fingerprint density at radius 3 is 1.04 bits per heavy atom. The second-order valence-corrected chi connectivity index (χ2v) is 14.6. The van der Waals surface area contributed by atoms with E-state index in [0.29, 0.717) is 0 Å². The Bertz CT molecular complexity index is 1350. The van der Waals surface area contributed by atoms with E-state index in [9.17, 15) is 0 Å². The van der Waals surface area contributed by atoms with E-state index in [1.165, 1.54) is 154 Å². The van der Waals surface area contributed by atoms with Gasteiger partial charge in [-0.25, -0.2) is 0 Å². The summed E-state index contributed by atoms with van der Waals surface area (Å²) < 4.78 is 0. The highest BCUT2D eigenvalue weighted by Gasteiger charge is 2.07. The lowest BCUT2D eigenvalue weighted by atomic mass is 9.94. The molecule has 0 aliphatic rings. The summed E-state index contributed by atoms with van der Waals surface area (Å²) in [6.45, 7) is 4.54. The normalized spacial score (nSPS) is 11.3. The standard InChI is InChI=1S/C47H66N2/c1-3-5-7-16-20-42-36-46(48)32-30-44(42)34-40-26-22-38(23-27-40)18-14-12-10-9-11-13-15-19-39-24-28-41(29-25-39)35-45-31-33-47(49)37-43(45)21-17-8-6-4-2/h22-33,36-37H,3-21,34-35,48-49H2,1-2H3. The Balaban J connectivity index is 1.07. The van der Waals surface area contributed by atoms with Crippen molar-refractivity contribution >= 4 is 11.4 Å². The summed E-state index contributed by atoms with van der Waals surface area (Å²) in [5.74, 6) is 0. The van der Waals surface area contributed by atoms with Gasteiger partial charge in [0, 0.05) is 11.4 Å². The lowest BCUT2D eigenvalue weighted by Gasteiger charge is -2.12. The molecule has 0 saturated heterocycles. The molecule has 0 atom stereocenters. The number of aryl methyl sites for hydroxylation is 4. The first-order valence-electron chi connectivity index (χ1n) is 19.9. The Kier molecular flexibility index (Phi) is 17.4. The molecular weight excluding hydrogens is 593 g/mol. The fourth-order valence-corrected chi connectivity index (χ4v) is 7.22. The van der Waals surface area contributed by atoms with E-state index in [0.717, 1.165) is 37.1 Å². The molecule has 0 amide bonds. The van der Waals surface area contributed by atoms with Crippen molar-refractivity contribution in [3.63, 3.8) is 0 Å². The first-order valence-corrected chi connectivity index (χ1v) is 19.9. The predicted octanol–water partition coefficient (Wildman–Crippen LogP) is 12.8. The van der Waals surface area contributed by atoms with Crippen LogP contribution in [0.4, 0.5) is 11.4 Å². The molecule has 2 heteroatoms. The maximum atomic E-state index is 6.13. The van der Waals surface area contributed by atoms with E-state index in [2.05, 4.69) is 98.8 Å². The minimum Gasteiger partial charge on any atom is -0.399 e. The number of hydrogen-bond acceptors (Lipinski definition) is 2. The number of unbranched alkanes of at least 4 members (excludes halogenated alkanes) is 12. The van der Waals surface area contributed by atoms with Crippen LogP contribution in [0.15, 0.2) is 84.9 Å². The maximum absolute atomic E-state index is 6.13. The lowest BCUT2D eigenvalue weighted by molar-refractivity contribution is 0.579. The van der Waals surface area contributed by atoms with Crippen LogP contribution >= 0.6 is 0 Å². The number of anilines is 2. The van der Waals surface area contributed by atoms with Crippen molar-refractivity contribution < 1.29 is 0 Å². The highest BCUT2D eigenvalue weighted by Crippen LogP contribution is 2.23. The molecule has 0 heterocycles. The molecule has 0 radical (unpaired) electrons. The summed E-state index contributed by atoms with van der Waals surface area (Å²) >= 11 is 0. The molecule has 0 saturated carbocycles. The topological polar surface area (TPSA) is 52.0 Å². The number of hydrogen-bond donors (Lipinski definition) is 2. The Labute approximate surface area is 300 Å². The largest absolute Gasteiger partial charge is 0.399 e. The lowest BCUT2D eigenvalue weighted by Crippen LogP contribution is -1.99. The van der Waals surface area contributed by atoms with Crippen LogP contribution < -0.4 is 11.5 Å². The van der Waals surface area contributed by atoms with Crippen LogP contribution in [-0.4, -0.2) is 0 Å². The van der Waals surface area contributed by atoms with Gasteiger partial charge in [0.05, 0.1) is 0 Å². The zero-order chi connectivity index (χ0) is 34.5. The summed E-state index contributed by atoms with van der Waals surface area (Å²) in [5.41, 5.74) is 25.5. The van der Waals surface area contributed by atoms with Crippen LogP contribution in [0.5, 0.6) is 0 Å². The van der Waals surface area contributed by atoms with Crippen molar-refractivity contribution in [2.45, 2.75) is 149 Å². The minimum atomic E-state index is 0.888. The van der Waals surface area contributed by atoms with E-state index in [4.69, 9.17) is 11.5 Å². The molecule has 4 aromatic rings. The Hall–Kier alpha value is -3.52. The quantitative estimate of drug-likeness (QED) is 0.0581. The van der Waals surface area contributed by atoms with Crippen molar-refractivity contribution in [1.29, 1.82) is 0 Å². The van der Waals surface area contributed by atoms with Gasteiger partial charge in [-0.1, -0.05) is 145 Å². The minimum absolute atomic E-state index is 0.888. The average Bonchev–Trinajstić information content (AvgIpc) is 3.11. The second-order valence-electron chi connectivity index (χ2n) is 14.6. The van der Waals surface area contributed by atoms with Crippen LogP contribution in [0.2, 0.25) is 0 Å². The monoisotopic (exact) mass is 659 g/mol. The van der Waals surface area contributed by atoms with Crippen LogP contribution in [0.1, 0.15) is 155 Å². The van der Waals surface area contributed by atoms with Crippen molar-refractivity contribution in [2.24, 2.45) is 0 Å². The highest BCUT2D eigenvalue weighted by atomic mass is 14.5. The third-order valence-electron chi connectivity index (χ3n) is 10.3. The number of rotatable bonds is 24. The summed E-state index contributed by atoms with van der Waals surface area (Å²) in [4.78, 5) is 0. The molecule has 49 heavy (non-hydrogen) atoms. The van der Waals surface area contributed by atoms with Gasteiger partial charge in [0.25, 0.3) is 0 Å². The summed E-state index contributed by atoms with van der Waals surface area (Å²) in [7, 11) is 0. The van der Waals surface area contributed by atoms with Crippen molar-refractivity contribution in [1.82, 2.24) is 0 Å². The molecule has 4 rings (SSSR count). The molecule has 0 unspecified atom stereocenters. The molecule has 4 aromatic carbocycles. The van der Waals surface area contributed by atoms with Gasteiger partial charge >= 0.3 is 0 Å². The molecule has 4 N–H and O–H groups in total. The molecular formula is C47H66N2. The van der Waals surface area contributed by atoms with Crippen molar-refractivity contribution in [3.05, 3.63) is 129 Å². The van der Waals surface area contributed by atoms with Gasteiger partial charge in [0.1, 0.15) is 0 Å². The first-order chi connectivity index (χ1) is 24.0. The van der Waals surface area contributed by atoms with Crippen molar-refractivity contribution in [3.8, 4) is 0 Å². The highest BCUT2D eigenvalue weighted by molar-refractivity contribution is 5.47. The van der Waals surface area contributed by atoms with E-state index in [1.54, 1.807) is 0 Å². The summed E-state index contributed by atoms with van der Waals surface area (Å²) in [6.07, 6.45) is 26.3. The average molecular weight is 659 g/mol. The van der Waals surface area contributed by atoms with Gasteiger partial charge in [0.2, 0.25) is 0 Å². The fraction of sp³-hybridized carbons (Fsp3) is 0.489. The van der Waals surface area contributed by atoms with Crippen LogP contribution in [-0.2, 0) is 38.5 Å². The number of nitrogen functional groups attached to an aromatic ring is 2. The van der Waals surface area contributed by atoms with E-state index < -0.39 is 0 Å². The zero-order valence-corrected chi connectivity index (χ0v) is 31.1. The molecule has 0 bridgehead atoms. The SMILES string of the molecule is CCCCCCc1cc(N)ccc1Cc1ccc(CCCCCCCCCc2ccc(Cc3ccc(N)cc3CCCCCC)cc2)cc1. The molecule has 264 valence electrons. The van der Waals surface area contributed by atoms with Crippen LogP contribution in [0.25, 0.3) is 0 Å². The third kappa shape index (κ3) is 14.5. The zero-order valence-electron chi connectivity index (χ0n) is 31.1. The number of nitrogens with two attached hydrogens (primary N) is 2. The van der Waals surface area contributed by atoms with Gasteiger partial charge in [-0.05, 0) is 133 Å². The molecule has 2 nitrogen and oxygen atoms in total. The van der Waals surface area contributed by atoms with Gasteiger partial charge < -0.3 is 11.5 Å². The molecule has 0 aromatic heterocycles. The van der Waals surface area contributed by atoms with E-state index >= 15 is 0 Å². The smallest absolute Gasteiger partial charge is 0.0316 e. The predicted molar refractivity (Wildman–Crippen MR) is 216 cm³/mol. The van der Waals surface area contributed by atoms with Crippen molar-refractivity contribution in [2.75, 3.05) is 11.5 Å². The van der Waals surface area contributed by atoms with Crippen LogP contribution in [0.3, 0.4) is 0 Å². The molecule has 0 aliphatic carbocycles. The summed E-state index contributed by atoms with van der Waals surface area (Å²) in [5, 5.41) is 0. The third-order valence-corrected chi connectivity index (χ3v) is 10.3. The fourth-order valence-electron chi connectivity index (χ4n) is 7.22. The van der Waals surface area contributed by atoms with Crippen LogP contribution in [0, 0.1) is 0 Å². The van der Waals surface area contributed by atoms with E-state index in [-0.39, 0.29) is 0 Å². The van der Waals surface area contributed by atoms with Gasteiger partial charge in [-0.2, -0.15) is 0 Å². The Morgan fingerprint density at radius 1 is 0.327 bits per heavy atom. The molecule has 0 aliphatic heterocycles. The Morgan fingerprint density at radius 2 is 0.653 bits per heavy atom. The van der Waals surface area contributed by atoms with E-state index in [1.807, 2.05) is 0 Å². The van der Waals surface area contributed by atoms with Gasteiger partial charge in [-0.3, -0.25) is 0 Å². The summed E-state index contributed by atoms with van der Waals surface area (Å²) in [6, 6.07) is 31.8. The van der Waals surface area contributed by atoms with Gasteiger partial charge in [0.15, 0.2) is 0 Å².